The molecule has 0 aromatic heterocycles. The summed E-state index contributed by atoms with van der Waals surface area (Å²) in [5.74, 6) is -1.84. The van der Waals surface area contributed by atoms with Gasteiger partial charge in [-0.05, 0) is 48.1 Å². The zero-order valence-electron chi connectivity index (χ0n) is 26.0. The van der Waals surface area contributed by atoms with Gasteiger partial charge in [-0.3, -0.25) is 14.4 Å². The minimum Gasteiger partial charge on any atom is -0.342 e. The maximum absolute atomic E-state index is 14.2. The van der Waals surface area contributed by atoms with Crippen molar-refractivity contribution in [3.63, 3.8) is 0 Å². The van der Waals surface area contributed by atoms with Crippen molar-refractivity contribution < 1.29 is 23.6 Å². The molecule has 0 unspecified atom stereocenters. The molecule has 0 saturated carbocycles. The molecule has 4 rings (SSSR count). The fourth-order valence-corrected chi connectivity index (χ4v) is 5.88. The first-order valence-electron chi connectivity index (χ1n) is 15.2. The second-order valence-electron chi connectivity index (χ2n) is 12.9. The predicted molar refractivity (Wildman–Crippen MR) is 168 cm³/mol. The van der Waals surface area contributed by atoms with Gasteiger partial charge >= 0.3 is 6.03 Å². The number of likely N-dealkylation sites (tertiary alicyclic amines) is 1. The number of hydrogen-bond donors (Lipinski definition) is 3. The molecule has 238 valence electrons. The van der Waals surface area contributed by atoms with Gasteiger partial charge in [0.15, 0.2) is 0 Å². The van der Waals surface area contributed by atoms with Gasteiger partial charge in [-0.15, -0.1) is 6.58 Å². The summed E-state index contributed by atoms with van der Waals surface area (Å²) < 4.78 is 13.6. The van der Waals surface area contributed by atoms with Crippen molar-refractivity contribution in [2.75, 3.05) is 25.0 Å². The Hall–Kier alpha value is -4.72. The van der Waals surface area contributed by atoms with Crippen LogP contribution in [0.2, 0.25) is 0 Å². The normalized spacial score (nSPS) is 21.2. The third-order valence-corrected chi connectivity index (χ3v) is 8.26. The lowest BCUT2D eigenvalue weighted by Crippen LogP contribution is -2.60. The standard InChI is InChI=1S/C34H41FN6O4/c1-5-34(31(44)38-25-10-7-6-8-11-25)19-26(21-36)41(22-34)30(43)27(20-33(2,3)4)39-29(42)28(40-17-9-16-37-32(40)45)18-23-12-14-24(35)15-13-23/h5-8,10-15,26-28H,1,9,16-20,22H2,2-4H3,(H,37,45)(H,38,44)(H,39,42)/t26-,27-,28-,34-/m0/s1. The van der Waals surface area contributed by atoms with Crippen LogP contribution in [-0.2, 0) is 20.8 Å². The second kappa shape index (κ2) is 13.9. The van der Waals surface area contributed by atoms with Gasteiger partial charge in [-0.2, -0.15) is 5.26 Å². The molecule has 2 fully saturated rings. The second-order valence-corrected chi connectivity index (χ2v) is 12.9. The number of nitrogens with zero attached hydrogens (tertiary/aromatic N) is 3. The van der Waals surface area contributed by atoms with Crippen LogP contribution in [0.4, 0.5) is 14.9 Å². The van der Waals surface area contributed by atoms with Crippen LogP contribution in [0, 0.1) is 28.0 Å². The molecule has 0 radical (unpaired) electrons. The quantitative estimate of drug-likeness (QED) is 0.347. The molecule has 11 heteroatoms. The number of carbonyl (C=O) groups is 4. The van der Waals surface area contributed by atoms with Crippen LogP contribution in [0.5, 0.6) is 0 Å². The molecule has 5 amide bonds. The number of urea groups is 1. The lowest BCUT2D eigenvalue weighted by molar-refractivity contribution is -0.139. The summed E-state index contributed by atoms with van der Waals surface area (Å²) in [5, 5.41) is 18.6. The number of benzene rings is 2. The summed E-state index contributed by atoms with van der Waals surface area (Å²) in [6.45, 7) is 10.4. The number of amides is 5. The highest BCUT2D eigenvalue weighted by atomic mass is 19.1. The van der Waals surface area contributed by atoms with E-state index in [9.17, 15) is 28.8 Å². The first-order valence-corrected chi connectivity index (χ1v) is 15.2. The SMILES string of the molecule is C=C[C@]1(C(=O)Nc2ccccc2)C[C@@H](C#N)N(C(=O)[C@H](CC(C)(C)C)NC(=O)[C@H](Cc2ccc(F)cc2)N2CCCNC2=O)C1. The molecule has 0 bridgehead atoms. The molecule has 2 aliphatic heterocycles. The number of para-hydroxylation sites is 1. The van der Waals surface area contributed by atoms with Gasteiger partial charge in [-0.1, -0.05) is 57.2 Å². The Balaban J connectivity index is 1.60. The maximum atomic E-state index is 14.2. The molecule has 3 N–H and O–H groups in total. The third-order valence-electron chi connectivity index (χ3n) is 8.26. The Morgan fingerprint density at radius 2 is 1.87 bits per heavy atom. The number of anilines is 1. The number of rotatable bonds is 10. The van der Waals surface area contributed by atoms with E-state index in [1.54, 1.807) is 36.4 Å². The number of carbonyl (C=O) groups excluding carboxylic acids is 4. The van der Waals surface area contributed by atoms with E-state index in [1.165, 1.54) is 28.0 Å². The zero-order chi connectivity index (χ0) is 32.8. The molecule has 45 heavy (non-hydrogen) atoms. The summed E-state index contributed by atoms with van der Waals surface area (Å²) >= 11 is 0. The van der Waals surface area contributed by atoms with Gasteiger partial charge < -0.3 is 25.8 Å². The van der Waals surface area contributed by atoms with Crippen LogP contribution >= 0.6 is 0 Å². The van der Waals surface area contributed by atoms with Crippen molar-refractivity contribution in [1.82, 2.24) is 20.4 Å². The van der Waals surface area contributed by atoms with Crippen LogP contribution in [0.15, 0.2) is 67.3 Å². The summed E-state index contributed by atoms with van der Waals surface area (Å²) in [5.41, 5.74) is -0.407. The molecule has 2 aliphatic rings. The Bertz CT molecular complexity index is 1450. The average molecular weight is 617 g/mol. The van der Waals surface area contributed by atoms with Crippen LogP contribution < -0.4 is 16.0 Å². The molecule has 10 nitrogen and oxygen atoms in total. The Kier molecular flexibility index (Phi) is 10.3. The highest BCUT2D eigenvalue weighted by Crippen LogP contribution is 2.38. The molecule has 2 aromatic rings. The largest absolute Gasteiger partial charge is 0.342 e. The number of nitriles is 1. The highest BCUT2D eigenvalue weighted by Gasteiger charge is 2.51. The van der Waals surface area contributed by atoms with Crippen molar-refractivity contribution >= 4 is 29.4 Å². The summed E-state index contributed by atoms with van der Waals surface area (Å²) in [6.07, 6.45) is 2.51. The monoisotopic (exact) mass is 616 g/mol. The smallest absolute Gasteiger partial charge is 0.318 e. The Labute approximate surface area is 263 Å². The first-order chi connectivity index (χ1) is 21.4. The summed E-state index contributed by atoms with van der Waals surface area (Å²) in [7, 11) is 0. The van der Waals surface area contributed by atoms with Gasteiger partial charge in [0.25, 0.3) is 0 Å². The van der Waals surface area contributed by atoms with Crippen molar-refractivity contribution in [1.29, 1.82) is 5.26 Å². The minimum absolute atomic E-state index is 0.0503. The molecular weight excluding hydrogens is 575 g/mol. The van der Waals surface area contributed by atoms with E-state index in [2.05, 4.69) is 28.6 Å². The number of halogens is 1. The number of hydrogen-bond acceptors (Lipinski definition) is 5. The topological polar surface area (TPSA) is 135 Å². The van der Waals surface area contributed by atoms with Gasteiger partial charge in [0.05, 0.1) is 11.5 Å². The molecule has 2 heterocycles. The first kappa shape index (κ1) is 33.2. The van der Waals surface area contributed by atoms with Gasteiger partial charge in [0, 0.05) is 38.2 Å². The van der Waals surface area contributed by atoms with Crippen molar-refractivity contribution in [3.8, 4) is 6.07 Å². The van der Waals surface area contributed by atoms with E-state index in [1.807, 2.05) is 26.8 Å². The maximum Gasteiger partial charge on any atom is 0.318 e. The van der Waals surface area contributed by atoms with E-state index in [0.717, 1.165) is 0 Å². The molecule has 2 aromatic carbocycles. The minimum atomic E-state index is -1.22. The third kappa shape index (κ3) is 8.06. The Morgan fingerprint density at radius 3 is 2.47 bits per heavy atom. The van der Waals surface area contributed by atoms with Crippen molar-refractivity contribution in [2.45, 2.75) is 64.6 Å². The van der Waals surface area contributed by atoms with Crippen LogP contribution in [-0.4, -0.2) is 71.3 Å². The molecular formula is C34H41FN6O4. The van der Waals surface area contributed by atoms with Gasteiger partial charge in [0.1, 0.15) is 23.9 Å². The zero-order valence-corrected chi connectivity index (χ0v) is 26.0. The molecule has 0 aliphatic carbocycles. The lowest BCUT2D eigenvalue weighted by atomic mass is 9.84. The van der Waals surface area contributed by atoms with Crippen LogP contribution in [0.1, 0.15) is 45.6 Å². The van der Waals surface area contributed by atoms with Crippen molar-refractivity contribution in [2.24, 2.45) is 10.8 Å². The molecule has 4 atom stereocenters. The fourth-order valence-electron chi connectivity index (χ4n) is 5.88. The van der Waals surface area contributed by atoms with E-state index < -0.39 is 52.6 Å². The van der Waals surface area contributed by atoms with Gasteiger partial charge in [-0.25, -0.2) is 9.18 Å². The fraction of sp³-hybridized carbons (Fsp3) is 0.441. The van der Waals surface area contributed by atoms with Crippen molar-refractivity contribution in [3.05, 3.63) is 78.6 Å². The molecule has 2 saturated heterocycles. The lowest BCUT2D eigenvalue weighted by Gasteiger charge is -2.36. The van der Waals surface area contributed by atoms with E-state index in [-0.39, 0.29) is 31.7 Å². The Morgan fingerprint density at radius 1 is 1.18 bits per heavy atom. The van der Waals surface area contributed by atoms with E-state index in [4.69, 9.17) is 0 Å². The van der Waals surface area contributed by atoms with Crippen LogP contribution in [0.25, 0.3) is 0 Å². The highest BCUT2D eigenvalue weighted by molar-refractivity contribution is 5.98. The van der Waals surface area contributed by atoms with Gasteiger partial charge in [0.2, 0.25) is 17.7 Å². The van der Waals surface area contributed by atoms with Crippen LogP contribution in [0.3, 0.4) is 0 Å². The summed E-state index contributed by atoms with van der Waals surface area (Å²) in [6, 6.07) is 13.4. The molecule has 0 spiro atoms. The van der Waals surface area contributed by atoms with E-state index in [0.29, 0.717) is 30.8 Å². The summed E-state index contributed by atoms with van der Waals surface area (Å²) in [4.78, 5) is 57.4. The average Bonchev–Trinajstić information content (AvgIpc) is 3.41. The predicted octanol–water partition coefficient (Wildman–Crippen LogP) is 4.01. The number of nitrogens with one attached hydrogen (secondary N) is 3. The van der Waals surface area contributed by atoms with E-state index >= 15 is 0 Å².